The number of methoxy groups -OCH3 is 1. The number of carbonyl (C=O) groups excluding carboxylic acids is 2. The summed E-state index contributed by atoms with van der Waals surface area (Å²) >= 11 is 0. The Kier molecular flexibility index (Phi) is 5.62. The molecule has 1 aromatic heterocycles. The molecular formula is C16H18N4O3. The van der Waals surface area contributed by atoms with E-state index in [9.17, 15) is 9.59 Å². The van der Waals surface area contributed by atoms with Gasteiger partial charge in [0.05, 0.1) is 18.4 Å². The lowest BCUT2D eigenvalue weighted by atomic mass is 10.2. The van der Waals surface area contributed by atoms with Crippen LogP contribution in [0.4, 0.5) is 0 Å². The molecule has 120 valence electrons. The summed E-state index contributed by atoms with van der Waals surface area (Å²) < 4.78 is 5.04. The Bertz CT molecular complexity index is 686. The van der Waals surface area contributed by atoms with E-state index in [0.717, 1.165) is 0 Å². The van der Waals surface area contributed by atoms with E-state index in [-0.39, 0.29) is 11.8 Å². The fourth-order valence-electron chi connectivity index (χ4n) is 1.91. The second-order valence-electron chi connectivity index (χ2n) is 4.76. The number of nitrogens with one attached hydrogen (secondary N) is 2. The second kappa shape index (κ2) is 7.88. The molecule has 0 spiro atoms. The molecule has 0 bridgehead atoms. The Morgan fingerprint density at radius 2 is 1.74 bits per heavy atom. The summed E-state index contributed by atoms with van der Waals surface area (Å²) in [5, 5.41) is 5.44. The summed E-state index contributed by atoms with van der Waals surface area (Å²) in [6, 6.07) is 6.79. The molecule has 2 aromatic rings. The zero-order valence-electron chi connectivity index (χ0n) is 13.0. The van der Waals surface area contributed by atoms with Gasteiger partial charge in [0.25, 0.3) is 11.8 Å². The van der Waals surface area contributed by atoms with Gasteiger partial charge in [0.2, 0.25) is 0 Å². The SMILES string of the molecule is COc1ccc(C(=O)NCCNC(=O)c2cncnc2C)cc1. The van der Waals surface area contributed by atoms with E-state index in [1.807, 2.05) is 0 Å². The molecule has 0 saturated heterocycles. The van der Waals surface area contributed by atoms with Crippen LogP contribution in [0.15, 0.2) is 36.8 Å². The third kappa shape index (κ3) is 4.50. The van der Waals surface area contributed by atoms with E-state index in [2.05, 4.69) is 20.6 Å². The van der Waals surface area contributed by atoms with Gasteiger partial charge in [-0.2, -0.15) is 0 Å². The van der Waals surface area contributed by atoms with Crippen molar-refractivity contribution < 1.29 is 14.3 Å². The predicted octanol–water partition coefficient (Wildman–Crippen LogP) is 0.953. The van der Waals surface area contributed by atoms with Crippen LogP contribution in [0.25, 0.3) is 0 Å². The maximum atomic E-state index is 11.9. The van der Waals surface area contributed by atoms with E-state index in [1.54, 1.807) is 38.3 Å². The molecule has 0 radical (unpaired) electrons. The number of ether oxygens (including phenoxy) is 1. The maximum Gasteiger partial charge on any atom is 0.254 e. The van der Waals surface area contributed by atoms with Crippen LogP contribution in [0.5, 0.6) is 5.75 Å². The van der Waals surface area contributed by atoms with Crippen molar-refractivity contribution in [2.45, 2.75) is 6.92 Å². The van der Waals surface area contributed by atoms with Crippen LogP contribution in [-0.4, -0.2) is 42.0 Å². The summed E-state index contributed by atoms with van der Waals surface area (Å²) in [7, 11) is 1.57. The highest BCUT2D eigenvalue weighted by molar-refractivity contribution is 5.95. The molecule has 0 atom stereocenters. The van der Waals surface area contributed by atoms with Gasteiger partial charge in [-0.3, -0.25) is 9.59 Å². The standard InChI is InChI=1S/C16H18N4O3/c1-11-14(9-17-10-20-11)16(22)19-8-7-18-15(21)12-3-5-13(23-2)6-4-12/h3-6,9-10H,7-8H2,1-2H3,(H,18,21)(H,19,22). The van der Waals surface area contributed by atoms with Gasteiger partial charge in [-0.05, 0) is 31.2 Å². The lowest BCUT2D eigenvalue weighted by Gasteiger charge is -2.08. The van der Waals surface area contributed by atoms with Crippen molar-refractivity contribution in [3.63, 3.8) is 0 Å². The van der Waals surface area contributed by atoms with E-state index >= 15 is 0 Å². The van der Waals surface area contributed by atoms with Crippen molar-refractivity contribution in [3.8, 4) is 5.75 Å². The fraction of sp³-hybridized carbons (Fsp3) is 0.250. The van der Waals surface area contributed by atoms with Gasteiger partial charge < -0.3 is 15.4 Å². The summed E-state index contributed by atoms with van der Waals surface area (Å²) in [5.74, 6) is 0.220. The topological polar surface area (TPSA) is 93.2 Å². The molecule has 1 aromatic carbocycles. The molecule has 1 heterocycles. The maximum absolute atomic E-state index is 11.9. The molecule has 2 N–H and O–H groups in total. The molecule has 0 unspecified atom stereocenters. The highest BCUT2D eigenvalue weighted by Gasteiger charge is 2.09. The van der Waals surface area contributed by atoms with Gasteiger partial charge >= 0.3 is 0 Å². The van der Waals surface area contributed by atoms with Crippen LogP contribution in [0.3, 0.4) is 0 Å². The second-order valence-corrected chi connectivity index (χ2v) is 4.76. The largest absolute Gasteiger partial charge is 0.497 e. The predicted molar refractivity (Wildman–Crippen MR) is 84.4 cm³/mol. The minimum absolute atomic E-state index is 0.207. The zero-order valence-corrected chi connectivity index (χ0v) is 13.0. The van der Waals surface area contributed by atoms with Gasteiger partial charge in [-0.1, -0.05) is 0 Å². The molecule has 0 aliphatic rings. The summed E-state index contributed by atoms with van der Waals surface area (Å²) in [4.78, 5) is 31.6. The molecule has 0 saturated carbocycles. The van der Waals surface area contributed by atoms with Crippen molar-refractivity contribution in [2.75, 3.05) is 20.2 Å². The molecule has 23 heavy (non-hydrogen) atoms. The molecule has 0 fully saturated rings. The van der Waals surface area contributed by atoms with Gasteiger partial charge in [-0.25, -0.2) is 9.97 Å². The first-order valence-electron chi connectivity index (χ1n) is 7.09. The highest BCUT2D eigenvalue weighted by atomic mass is 16.5. The van der Waals surface area contributed by atoms with Gasteiger partial charge in [0.15, 0.2) is 0 Å². The third-order valence-electron chi connectivity index (χ3n) is 3.20. The number of hydrogen-bond acceptors (Lipinski definition) is 5. The third-order valence-corrected chi connectivity index (χ3v) is 3.20. The first-order valence-corrected chi connectivity index (χ1v) is 7.09. The normalized spacial score (nSPS) is 10.0. The van der Waals surface area contributed by atoms with Crippen LogP contribution < -0.4 is 15.4 Å². The van der Waals surface area contributed by atoms with E-state index in [4.69, 9.17) is 4.74 Å². The number of rotatable bonds is 6. The summed E-state index contributed by atoms with van der Waals surface area (Å²) in [5.41, 5.74) is 1.57. The number of nitrogens with zero attached hydrogens (tertiary/aromatic N) is 2. The summed E-state index contributed by atoms with van der Waals surface area (Å²) in [6.07, 6.45) is 2.86. The number of aryl methyl sites for hydroxylation is 1. The Balaban J connectivity index is 1.77. The molecule has 0 aliphatic heterocycles. The van der Waals surface area contributed by atoms with E-state index in [0.29, 0.717) is 35.7 Å². The van der Waals surface area contributed by atoms with Crippen LogP contribution in [0, 0.1) is 6.92 Å². The minimum Gasteiger partial charge on any atom is -0.497 e. The quantitative estimate of drug-likeness (QED) is 0.775. The zero-order chi connectivity index (χ0) is 16.7. The monoisotopic (exact) mass is 314 g/mol. The van der Waals surface area contributed by atoms with Crippen molar-refractivity contribution >= 4 is 11.8 Å². The highest BCUT2D eigenvalue weighted by Crippen LogP contribution is 2.10. The number of carbonyl (C=O) groups is 2. The lowest BCUT2D eigenvalue weighted by Crippen LogP contribution is -2.35. The van der Waals surface area contributed by atoms with Crippen molar-refractivity contribution in [3.05, 3.63) is 53.6 Å². The van der Waals surface area contributed by atoms with Crippen LogP contribution in [0.2, 0.25) is 0 Å². The minimum atomic E-state index is -0.262. The number of amides is 2. The fourth-order valence-corrected chi connectivity index (χ4v) is 1.91. The molecule has 2 amide bonds. The Morgan fingerprint density at radius 1 is 1.09 bits per heavy atom. The van der Waals surface area contributed by atoms with Gasteiger partial charge in [-0.15, -0.1) is 0 Å². The number of aromatic nitrogens is 2. The molecule has 0 aliphatic carbocycles. The smallest absolute Gasteiger partial charge is 0.254 e. The van der Waals surface area contributed by atoms with Crippen LogP contribution in [-0.2, 0) is 0 Å². The first kappa shape index (κ1) is 16.4. The van der Waals surface area contributed by atoms with Gasteiger partial charge in [0, 0.05) is 24.8 Å². The van der Waals surface area contributed by atoms with Crippen molar-refractivity contribution in [2.24, 2.45) is 0 Å². The van der Waals surface area contributed by atoms with E-state index < -0.39 is 0 Å². The van der Waals surface area contributed by atoms with Crippen molar-refractivity contribution in [1.82, 2.24) is 20.6 Å². The molecular weight excluding hydrogens is 296 g/mol. The van der Waals surface area contributed by atoms with Crippen LogP contribution in [0.1, 0.15) is 26.4 Å². The molecule has 7 nitrogen and oxygen atoms in total. The Hall–Kier alpha value is -2.96. The van der Waals surface area contributed by atoms with E-state index in [1.165, 1.54) is 12.5 Å². The van der Waals surface area contributed by atoms with Crippen LogP contribution >= 0.6 is 0 Å². The average molecular weight is 314 g/mol. The average Bonchev–Trinajstić information content (AvgIpc) is 2.58. The van der Waals surface area contributed by atoms with Gasteiger partial charge in [0.1, 0.15) is 12.1 Å². The first-order chi connectivity index (χ1) is 11.1. The lowest BCUT2D eigenvalue weighted by molar-refractivity contribution is 0.0927. The number of hydrogen-bond donors (Lipinski definition) is 2. The van der Waals surface area contributed by atoms with Crippen molar-refractivity contribution in [1.29, 1.82) is 0 Å². The Labute approximate surface area is 134 Å². The summed E-state index contributed by atoms with van der Waals surface area (Å²) in [6.45, 7) is 2.38. The Morgan fingerprint density at radius 3 is 2.35 bits per heavy atom. The molecule has 2 rings (SSSR count). The molecule has 7 heteroatoms. The number of benzene rings is 1.